The first-order chi connectivity index (χ1) is 25.5. The number of pyridine rings is 1. The molecule has 4 aliphatic rings. The van der Waals surface area contributed by atoms with Gasteiger partial charge in [0.15, 0.2) is 5.82 Å². The molecule has 3 atom stereocenters. The predicted octanol–water partition coefficient (Wildman–Crippen LogP) is 6.73. The van der Waals surface area contributed by atoms with Crippen molar-refractivity contribution in [3.63, 3.8) is 0 Å². The van der Waals surface area contributed by atoms with Crippen molar-refractivity contribution in [2.24, 2.45) is 5.41 Å². The molecule has 2 aromatic carbocycles. The number of halogens is 2. The van der Waals surface area contributed by atoms with Gasteiger partial charge in [0, 0.05) is 41.5 Å². The number of aromatic hydroxyl groups is 1. The molecule has 4 heterocycles. The summed E-state index contributed by atoms with van der Waals surface area (Å²) in [6.45, 7) is 8.08. The molecule has 3 N–H and O–H groups in total. The number of likely N-dealkylation sites (tertiary alicyclic amines) is 1. The van der Waals surface area contributed by atoms with E-state index in [9.17, 15) is 19.7 Å². The van der Waals surface area contributed by atoms with Gasteiger partial charge in [-0.1, -0.05) is 32.3 Å². The summed E-state index contributed by atoms with van der Waals surface area (Å²) < 4.78 is 44.4. The van der Waals surface area contributed by atoms with Crippen LogP contribution in [0.5, 0.6) is 17.6 Å². The van der Waals surface area contributed by atoms with E-state index in [0.717, 1.165) is 51.5 Å². The van der Waals surface area contributed by atoms with Crippen LogP contribution in [0.3, 0.4) is 0 Å². The number of aliphatic hydroxyl groups excluding tert-OH is 1. The molecule has 12 heteroatoms. The van der Waals surface area contributed by atoms with Gasteiger partial charge in [-0.25, -0.2) is 13.8 Å². The largest absolute Gasteiger partial charge is 0.508 e. The number of phenols is 1. The molecule has 2 aliphatic carbocycles. The number of hydrogen-bond donors (Lipinski definition) is 3. The summed E-state index contributed by atoms with van der Waals surface area (Å²) in [5.41, 5.74) is -1.10. The van der Waals surface area contributed by atoms with Gasteiger partial charge in [-0.2, -0.15) is 9.97 Å². The number of phenolic OH excluding ortho intramolecular Hbond substituents is 1. The molecule has 10 nitrogen and oxygen atoms in total. The van der Waals surface area contributed by atoms with Crippen LogP contribution in [0.1, 0.15) is 84.1 Å². The van der Waals surface area contributed by atoms with Gasteiger partial charge in [0.2, 0.25) is 5.88 Å². The number of β-amino-alcohol motifs (C(OH)–C–C–N with tert-alkyl or cyclic N) is 1. The van der Waals surface area contributed by atoms with Crippen LogP contribution in [-0.2, 0) is 0 Å². The first-order valence-electron chi connectivity index (χ1n) is 18.9. The van der Waals surface area contributed by atoms with E-state index in [4.69, 9.17) is 20.9 Å². The fourth-order valence-corrected chi connectivity index (χ4v) is 9.40. The number of aliphatic hydroxyl groups is 2. The van der Waals surface area contributed by atoms with Crippen LogP contribution in [0.4, 0.5) is 14.6 Å². The molecule has 2 aliphatic heterocycles. The van der Waals surface area contributed by atoms with Crippen molar-refractivity contribution >= 4 is 27.5 Å². The number of ether oxygens (including phenoxy) is 2. The highest BCUT2D eigenvalue weighted by Gasteiger charge is 2.53. The second-order valence-electron chi connectivity index (χ2n) is 15.2. The van der Waals surface area contributed by atoms with Crippen molar-refractivity contribution in [2.75, 3.05) is 38.3 Å². The summed E-state index contributed by atoms with van der Waals surface area (Å²) in [5, 5.41) is 32.6. The van der Waals surface area contributed by atoms with E-state index in [0.29, 0.717) is 49.3 Å². The zero-order chi connectivity index (χ0) is 37.7. The molecule has 0 spiro atoms. The number of hydrogen-bond acceptors (Lipinski definition) is 10. The van der Waals surface area contributed by atoms with Crippen LogP contribution in [-0.4, -0.2) is 92.3 Å². The highest BCUT2D eigenvalue weighted by Crippen LogP contribution is 2.51. The van der Waals surface area contributed by atoms with Gasteiger partial charge >= 0.3 is 6.01 Å². The number of rotatable bonds is 7. The SMILES string of the molecule is C#Cc1c(F)ccc2cc(O)cc(-c3nc(OC)c4c(N5CCCC(O)C5)nc(OCC56CCCC5N(C5CC(C)(O)C5)CCC6)nc4c3F)c12.CC. The molecule has 0 amide bonds. The number of methoxy groups -OCH3 is 1. The molecule has 2 saturated carbocycles. The Morgan fingerprint density at radius 2 is 1.79 bits per heavy atom. The first kappa shape index (κ1) is 37.0. The maximum Gasteiger partial charge on any atom is 0.319 e. The van der Waals surface area contributed by atoms with E-state index in [1.807, 2.05) is 25.7 Å². The zero-order valence-corrected chi connectivity index (χ0v) is 31.0. The molecule has 4 aromatic rings. The highest BCUT2D eigenvalue weighted by molar-refractivity contribution is 6.04. The fraction of sp³-hybridized carbons (Fsp3) is 0.537. The summed E-state index contributed by atoms with van der Waals surface area (Å²) in [7, 11) is 1.41. The Kier molecular flexibility index (Phi) is 10.1. The smallest absolute Gasteiger partial charge is 0.319 e. The Hall–Kier alpha value is -4.31. The minimum Gasteiger partial charge on any atom is -0.508 e. The van der Waals surface area contributed by atoms with Crippen molar-refractivity contribution in [1.82, 2.24) is 19.9 Å². The second-order valence-corrected chi connectivity index (χ2v) is 15.2. The summed E-state index contributed by atoms with van der Waals surface area (Å²) in [6, 6.07) is 6.05. The van der Waals surface area contributed by atoms with Gasteiger partial charge in [0.25, 0.3) is 0 Å². The van der Waals surface area contributed by atoms with Crippen LogP contribution in [0.15, 0.2) is 24.3 Å². The molecule has 2 aromatic heterocycles. The molecule has 282 valence electrons. The molecule has 2 saturated heterocycles. The maximum atomic E-state index is 17.1. The Labute approximate surface area is 309 Å². The van der Waals surface area contributed by atoms with Crippen LogP contribution in [0.25, 0.3) is 32.9 Å². The quantitative estimate of drug-likeness (QED) is 0.177. The van der Waals surface area contributed by atoms with Crippen molar-refractivity contribution in [3.05, 3.63) is 41.5 Å². The lowest BCUT2D eigenvalue weighted by Gasteiger charge is -2.55. The van der Waals surface area contributed by atoms with Gasteiger partial charge < -0.3 is 29.7 Å². The lowest BCUT2D eigenvalue weighted by atomic mass is 9.70. The molecule has 3 unspecified atom stereocenters. The summed E-state index contributed by atoms with van der Waals surface area (Å²) >= 11 is 0. The number of aromatic nitrogens is 3. The minimum absolute atomic E-state index is 0.00415. The summed E-state index contributed by atoms with van der Waals surface area (Å²) in [4.78, 5) is 18.5. The normalized spacial score (nSPS) is 27.1. The lowest BCUT2D eigenvalue weighted by molar-refractivity contribution is -0.117. The topological polar surface area (TPSA) is 124 Å². The van der Waals surface area contributed by atoms with E-state index in [-0.39, 0.29) is 62.7 Å². The molecule has 8 rings (SSSR count). The third kappa shape index (κ3) is 6.61. The van der Waals surface area contributed by atoms with Gasteiger partial charge in [-0.3, -0.25) is 4.90 Å². The number of fused-ring (bicyclic) bond motifs is 3. The van der Waals surface area contributed by atoms with Crippen molar-refractivity contribution < 1.29 is 33.6 Å². The monoisotopic (exact) mass is 729 g/mol. The number of terminal acetylenes is 1. The second kappa shape index (κ2) is 14.5. The van der Waals surface area contributed by atoms with Gasteiger partial charge in [-0.15, -0.1) is 6.42 Å². The van der Waals surface area contributed by atoms with Gasteiger partial charge in [0.1, 0.15) is 34.0 Å². The van der Waals surface area contributed by atoms with E-state index in [2.05, 4.69) is 20.8 Å². The van der Waals surface area contributed by atoms with Crippen LogP contribution in [0.2, 0.25) is 0 Å². The molecular formula is C41H49F2N5O5. The first-order valence-corrected chi connectivity index (χ1v) is 18.9. The third-order valence-electron chi connectivity index (χ3n) is 11.7. The van der Waals surface area contributed by atoms with E-state index in [1.165, 1.54) is 31.4 Å². The Bertz CT molecular complexity index is 2060. The van der Waals surface area contributed by atoms with Crippen molar-refractivity contribution in [2.45, 2.75) is 102 Å². The van der Waals surface area contributed by atoms with Crippen LogP contribution in [0, 0.1) is 29.4 Å². The average molecular weight is 730 g/mol. The minimum atomic E-state index is -0.839. The predicted molar refractivity (Wildman–Crippen MR) is 200 cm³/mol. The number of nitrogens with zero attached hydrogens (tertiary/aromatic N) is 5. The van der Waals surface area contributed by atoms with Gasteiger partial charge in [-0.05, 0) is 88.4 Å². The summed E-state index contributed by atoms with van der Waals surface area (Å²) in [5.74, 6) is 1.05. The molecule has 0 bridgehead atoms. The van der Waals surface area contributed by atoms with Crippen LogP contribution < -0.4 is 14.4 Å². The van der Waals surface area contributed by atoms with Crippen LogP contribution >= 0.6 is 0 Å². The molecule has 53 heavy (non-hydrogen) atoms. The van der Waals surface area contributed by atoms with E-state index < -0.39 is 23.3 Å². The Morgan fingerprint density at radius 3 is 2.51 bits per heavy atom. The molecule has 0 radical (unpaired) electrons. The fourth-order valence-electron chi connectivity index (χ4n) is 9.40. The zero-order valence-electron chi connectivity index (χ0n) is 31.0. The maximum absolute atomic E-state index is 17.1. The van der Waals surface area contributed by atoms with Gasteiger partial charge in [0.05, 0.1) is 31.0 Å². The lowest BCUT2D eigenvalue weighted by Crippen LogP contribution is -2.61. The van der Waals surface area contributed by atoms with Crippen molar-refractivity contribution in [1.29, 1.82) is 0 Å². The Morgan fingerprint density at radius 1 is 1.02 bits per heavy atom. The highest BCUT2D eigenvalue weighted by atomic mass is 19.1. The summed E-state index contributed by atoms with van der Waals surface area (Å²) in [6.07, 6.45) is 13.1. The standard InChI is InChI=1S/C39H43F2N5O5.C2H6/c1-4-26-28(40)11-10-22-16-25(48)17-27(30(22)26)33-32(41)34-31(36(42-33)50-3)35(45-14-6-8-24(47)20-45)44-37(43-34)51-21-39-12-5-9-29(39)46(15-7-13-39)23-18-38(2,49)19-23;1-2/h1,10-11,16-17,23-24,29,47-49H,5-9,12-15,18-21H2,2-3H3;1-2H3. The molecular weight excluding hydrogens is 680 g/mol. The third-order valence-corrected chi connectivity index (χ3v) is 11.7. The number of benzene rings is 2. The number of piperidine rings is 2. The molecule has 4 fully saturated rings. The number of anilines is 1. The van der Waals surface area contributed by atoms with E-state index in [1.54, 1.807) is 0 Å². The average Bonchev–Trinajstić information content (AvgIpc) is 3.58. The van der Waals surface area contributed by atoms with Crippen molar-refractivity contribution in [3.8, 4) is 41.2 Å². The Balaban J connectivity index is 0.00000214. The van der Waals surface area contributed by atoms with E-state index >= 15 is 4.39 Å².